The van der Waals surface area contributed by atoms with Gasteiger partial charge in [-0.25, -0.2) is 0 Å². The Morgan fingerprint density at radius 1 is 1.32 bits per heavy atom. The number of ether oxygens (including phenoxy) is 3. The van der Waals surface area contributed by atoms with E-state index in [9.17, 15) is 4.79 Å². The van der Waals surface area contributed by atoms with Gasteiger partial charge in [-0.15, -0.1) is 0 Å². The third-order valence-electron chi connectivity index (χ3n) is 4.08. The summed E-state index contributed by atoms with van der Waals surface area (Å²) in [7, 11) is 0. The minimum absolute atomic E-state index is 0.132. The van der Waals surface area contributed by atoms with Gasteiger partial charge in [-0.1, -0.05) is 6.07 Å². The number of carbonyl (C=O) groups is 1. The summed E-state index contributed by atoms with van der Waals surface area (Å²) < 4.78 is 16.8. The lowest BCUT2D eigenvalue weighted by Gasteiger charge is -2.22. The van der Waals surface area contributed by atoms with Crippen molar-refractivity contribution in [2.24, 2.45) is 0 Å². The summed E-state index contributed by atoms with van der Waals surface area (Å²) in [5.74, 6) is 0.107. The van der Waals surface area contributed by atoms with Crippen LogP contribution in [0.5, 0.6) is 5.88 Å². The van der Waals surface area contributed by atoms with Crippen molar-refractivity contribution in [3.05, 3.63) is 17.7 Å². The molecule has 1 aromatic rings. The molecule has 1 aromatic heterocycles. The molecule has 2 heterocycles. The monoisotopic (exact) mass is 352 g/mol. The van der Waals surface area contributed by atoms with Crippen molar-refractivity contribution < 1.29 is 24.1 Å². The largest absolute Gasteiger partial charge is 0.481 e. The number of pyridine rings is 1. The quantitative estimate of drug-likeness (QED) is 0.589. The predicted octanol–water partition coefficient (Wildman–Crippen LogP) is 2.43. The van der Waals surface area contributed by atoms with Crippen LogP contribution in [0.15, 0.2) is 12.1 Å². The molecule has 0 bridgehead atoms. The first-order valence-corrected chi connectivity index (χ1v) is 8.94. The Balaban J connectivity index is 1.58. The van der Waals surface area contributed by atoms with E-state index in [-0.39, 0.29) is 12.5 Å². The molecule has 7 nitrogen and oxygen atoms in total. The molecule has 1 unspecified atom stereocenters. The van der Waals surface area contributed by atoms with Crippen LogP contribution in [0.25, 0.3) is 0 Å². The SMILES string of the molecule is Nc1nc(OCCCCOC2CCCOC2)ccc1CCCC(=O)O. The maximum atomic E-state index is 10.5. The molecule has 0 aliphatic carbocycles. The Morgan fingerprint density at radius 2 is 2.16 bits per heavy atom. The van der Waals surface area contributed by atoms with Crippen LogP contribution >= 0.6 is 0 Å². The number of aryl methyl sites for hydroxylation is 1. The van der Waals surface area contributed by atoms with E-state index in [0.29, 0.717) is 37.8 Å². The lowest BCUT2D eigenvalue weighted by molar-refractivity contribution is -0.137. The number of nitrogen functional groups attached to an aromatic ring is 1. The van der Waals surface area contributed by atoms with Crippen molar-refractivity contribution in [3.63, 3.8) is 0 Å². The van der Waals surface area contributed by atoms with Gasteiger partial charge in [0.2, 0.25) is 5.88 Å². The fourth-order valence-corrected chi connectivity index (χ4v) is 2.68. The molecule has 7 heteroatoms. The van der Waals surface area contributed by atoms with Gasteiger partial charge in [0.1, 0.15) is 5.82 Å². The number of carboxylic acids is 1. The number of carboxylic acid groups (broad SMARTS) is 1. The maximum Gasteiger partial charge on any atom is 0.303 e. The van der Waals surface area contributed by atoms with E-state index < -0.39 is 5.97 Å². The number of aliphatic carboxylic acids is 1. The van der Waals surface area contributed by atoms with Gasteiger partial charge in [0.05, 0.1) is 19.3 Å². The summed E-state index contributed by atoms with van der Waals surface area (Å²) in [5, 5.41) is 8.66. The molecular weight excluding hydrogens is 324 g/mol. The number of nitrogens with two attached hydrogens (primary N) is 1. The van der Waals surface area contributed by atoms with Crippen LogP contribution in [0.1, 0.15) is 44.1 Å². The average Bonchev–Trinajstić information content (AvgIpc) is 2.60. The van der Waals surface area contributed by atoms with Crippen molar-refractivity contribution in [1.29, 1.82) is 0 Å². The van der Waals surface area contributed by atoms with Crippen molar-refractivity contribution in [2.45, 2.75) is 51.0 Å². The first kappa shape index (κ1) is 19.5. The molecule has 1 aliphatic rings. The van der Waals surface area contributed by atoms with Gasteiger partial charge in [0.25, 0.3) is 0 Å². The van der Waals surface area contributed by atoms with E-state index in [4.69, 9.17) is 25.1 Å². The summed E-state index contributed by atoms with van der Waals surface area (Å²) >= 11 is 0. The van der Waals surface area contributed by atoms with Crippen LogP contribution in [0.2, 0.25) is 0 Å². The zero-order chi connectivity index (χ0) is 17.9. The van der Waals surface area contributed by atoms with Crippen LogP contribution in [-0.2, 0) is 20.7 Å². The van der Waals surface area contributed by atoms with Gasteiger partial charge >= 0.3 is 5.97 Å². The fraction of sp³-hybridized carbons (Fsp3) is 0.667. The molecule has 140 valence electrons. The Bertz CT molecular complexity index is 532. The van der Waals surface area contributed by atoms with Gasteiger partial charge in [0.15, 0.2) is 0 Å². The highest BCUT2D eigenvalue weighted by molar-refractivity contribution is 5.66. The molecule has 0 aromatic carbocycles. The number of rotatable bonds is 11. The van der Waals surface area contributed by atoms with E-state index in [2.05, 4.69) is 4.98 Å². The normalized spacial score (nSPS) is 17.4. The van der Waals surface area contributed by atoms with E-state index in [1.165, 1.54) is 0 Å². The third-order valence-corrected chi connectivity index (χ3v) is 4.08. The van der Waals surface area contributed by atoms with Crippen LogP contribution in [0.3, 0.4) is 0 Å². The molecule has 1 aliphatic heterocycles. The second-order valence-electron chi connectivity index (χ2n) is 6.21. The molecule has 2 rings (SSSR count). The number of unbranched alkanes of at least 4 members (excludes halogenated alkanes) is 1. The van der Waals surface area contributed by atoms with E-state index in [1.54, 1.807) is 6.07 Å². The lowest BCUT2D eigenvalue weighted by Crippen LogP contribution is -2.25. The zero-order valence-electron chi connectivity index (χ0n) is 14.6. The van der Waals surface area contributed by atoms with Crippen molar-refractivity contribution >= 4 is 11.8 Å². The molecule has 3 N–H and O–H groups in total. The average molecular weight is 352 g/mol. The standard InChI is InChI=1S/C18H28N2O5/c19-18-14(5-3-7-17(21)22)8-9-16(20-18)25-12-2-1-11-24-15-6-4-10-23-13-15/h8-9,15H,1-7,10-13H2,(H2,19,20)(H,21,22). The molecule has 0 amide bonds. The highest BCUT2D eigenvalue weighted by Crippen LogP contribution is 2.17. The number of hydrogen-bond acceptors (Lipinski definition) is 6. The molecule has 1 atom stereocenters. The topological polar surface area (TPSA) is 104 Å². The zero-order valence-corrected chi connectivity index (χ0v) is 14.6. The molecule has 1 fully saturated rings. The van der Waals surface area contributed by atoms with Crippen molar-refractivity contribution in [3.8, 4) is 5.88 Å². The second kappa shape index (κ2) is 10.9. The summed E-state index contributed by atoms with van der Waals surface area (Å²) in [6.07, 6.45) is 5.50. The molecule has 0 radical (unpaired) electrons. The summed E-state index contributed by atoms with van der Waals surface area (Å²) in [4.78, 5) is 14.8. The van der Waals surface area contributed by atoms with E-state index in [1.807, 2.05) is 6.07 Å². The van der Waals surface area contributed by atoms with Gasteiger partial charge in [0, 0.05) is 25.7 Å². The molecule has 25 heavy (non-hydrogen) atoms. The summed E-state index contributed by atoms with van der Waals surface area (Å²) in [6.45, 7) is 2.84. The number of hydrogen-bond donors (Lipinski definition) is 2. The first-order valence-electron chi connectivity index (χ1n) is 8.94. The molecule has 1 saturated heterocycles. The van der Waals surface area contributed by atoms with Crippen LogP contribution in [-0.4, -0.2) is 48.6 Å². The fourth-order valence-electron chi connectivity index (χ4n) is 2.68. The van der Waals surface area contributed by atoms with Crippen LogP contribution in [0, 0.1) is 0 Å². The second-order valence-corrected chi connectivity index (χ2v) is 6.21. The third kappa shape index (κ3) is 7.70. The number of nitrogens with zero attached hydrogens (tertiary/aromatic N) is 1. The minimum Gasteiger partial charge on any atom is -0.481 e. The van der Waals surface area contributed by atoms with Crippen LogP contribution in [0.4, 0.5) is 5.82 Å². The molecule has 0 saturated carbocycles. The lowest BCUT2D eigenvalue weighted by atomic mass is 10.1. The highest BCUT2D eigenvalue weighted by Gasteiger charge is 2.13. The number of aromatic nitrogens is 1. The first-order chi connectivity index (χ1) is 12.1. The molecule has 0 spiro atoms. The van der Waals surface area contributed by atoms with Gasteiger partial charge in [-0.05, 0) is 44.1 Å². The summed E-state index contributed by atoms with van der Waals surface area (Å²) in [5.41, 5.74) is 6.76. The maximum absolute atomic E-state index is 10.5. The van der Waals surface area contributed by atoms with E-state index in [0.717, 1.165) is 44.5 Å². The summed E-state index contributed by atoms with van der Waals surface area (Å²) in [6, 6.07) is 3.63. The Labute approximate surface area is 148 Å². The predicted molar refractivity (Wildman–Crippen MR) is 93.7 cm³/mol. The van der Waals surface area contributed by atoms with Crippen molar-refractivity contribution in [1.82, 2.24) is 4.98 Å². The smallest absolute Gasteiger partial charge is 0.303 e. The highest BCUT2D eigenvalue weighted by atomic mass is 16.5. The Hall–Kier alpha value is -1.86. The Morgan fingerprint density at radius 3 is 2.88 bits per heavy atom. The van der Waals surface area contributed by atoms with Gasteiger partial charge in [-0.3, -0.25) is 4.79 Å². The number of anilines is 1. The van der Waals surface area contributed by atoms with E-state index >= 15 is 0 Å². The Kier molecular flexibility index (Phi) is 8.48. The minimum atomic E-state index is -0.800. The van der Waals surface area contributed by atoms with Crippen LogP contribution < -0.4 is 10.5 Å². The van der Waals surface area contributed by atoms with Crippen molar-refractivity contribution in [2.75, 3.05) is 32.2 Å². The molecular formula is C18H28N2O5. The van der Waals surface area contributed by atoms with Gasteiger partial charge in [-0.2, -0.15) is 4.98 Å². The van der Waals surface area contributed by atoms with Gasteiger partial charge < -0.3 is 25.1 Å².